The maximum Gasteiger partial charge on any atom is 0.220 e. The van der Waals surface area contributed by atoms with Gasteiger partial charge in [0.1, 0.15) is 0 Å². The van der Waals surface area contributed by atoms with Gasteiger partial charge in [-0.2, -0.15) is 0 Å². The van der Waals surface area contributed by atoms with E-state index in [4.69, 9.17) is 0 Å². The van der Waals surface area contributed by atoms with Crippen molar-refractivity contribution >= 4 is 5.91 Å². The zero-order valence-corrected chi connectivity index (χ0v) is 13.4. The summed E-state index contributed by atoms with van der Waals surface area (Å²) in [7, 11) is 0. The number of hydrogen-bond acceptors (Lipinski definition) is 1. The molecule has 0 radical (unpaired) electrons. The van der Waals surface area contributed by atoms with Crippen LogP contribution in [0.15, 0.2) is 30.3 Å². The lowest BCUT2D eigenvalue weighted by molar-refractivity contribution is -0.133. The number of aryl methyl sites for hydroxylation is 1. The van der Waals surface area contributed by atoms with E-state index in [9.17, 15) is 4.79 Å². The van der Waals surface area contributed by atoms with Crippen molar-refractivity contribution in [3.8, 4) is 0 Å². The van der Waals surface area contributed by atoms with Crippen LogP contribution >= 0.6 is 0 Å². The van der Waals surface area contributed by atoms with E-state index in [-0.39, 0.29) is 5.91 Å². The lowest BCUT2D eigenvalue weighted by Gasteiger charge is -2.62. The van der Waals surface area contributed by atoms with Gasteiger partial charge in [0.15, 0.2) is 0 Å². The van der Waals surface area contributed by atoms with Gasteiger partial charge in [0.2, 0.25) is 5.91 Å². The van der Waals surface area contributed by atoms with E-state index in [0.717, 1.165) is 18.3 Å². The first kappa shape index (κ1) is 14.6. The highest BCUT2D eigenvalue weighted by molar-refractivity contribution is 5.76. The Morgan fingerprint density at radius 1 is 1.24 bits per heavy atom. The van der Waals surface area contributed by atoms with Crippen molar-refractivity contribution in [1.29, 1.82) is 0 Å². The summed E-state index contributed by atoms with van der Waals surface area (Å²) < 4.78 is 0. The van der Waals surface area contributed by atoms with Crippen molar-refractivity contribution < 1.29 is 4.79 Å². The second-order valence-electron chi connectivity index (χ2n) is 7.61. The second kappa shape index (κ2) is 5.47. The molecule has 3 fully saturated rings. The molecule has 0 saturated heterocycles. The van der Waals surface area contributed by atoms with E-state index in [2.05, 4.69) is 38.2 Å². The first-order chi connectivity index (χ1) is 9.98. The Balaban J connectivity index is 1.50. The second-order valence-corrected chi connectivity index (χ2v) is 7.61. The third-order valence-electron chi connectivity index (χ3n) is 6.18. The largest absolute Gasteiger partial charge is 0.353 e. The molecule has 0 heterocycles. The van der Waals surface area contributed by atoms with Gasteiger partial charge in [0, 0.05) is 12.5 Å². The summed E-state index contributed by atoms with van der Waals surface area (Å²) in [6, 6.07) is 10.7. The first-order valence-corrected chi connectivity index (χ1v) is 8.31. The minimum atomic E-state index is 0.217. The monoisotopic (exact) mass is 285 g/mol. The molecule has 0 unspecified atom stereocenters. The summed E-state index contributed by atoms with van der Waals surface area (Å²) in [4.78, 5) is 12.2. The minimum Gasteiger partial charge on any atom is -0.353 e. The van der Waals surface area contributed by atoms with Gasteiger partial charge < -0.3 is 5.32 Å². The Morgan fingerprint density at radius 2 is 1.95 bits per heavy atom. The van der Waals surface area contributed by atoms with Crippen LogP contribution in [0.25, 0.3) is 0 Å². The third-order valence-corrected chi connectivity index (χ3v) is 6.18. The Bertz CT molecular complexity index is 508. The lowest BCUT2D eigenvalue weighted by Crippen LogP contribution is -2.60. The summed E-state index contributed by atoms with van der Waals surface area (Å²) in [6.07, 6.45) is 3.98. The maximum atomic E-state index is 12.2. The van der Waals surface area contributed by atoms with E-state index >= 15 is 0 Å². The number of nitrogens with one attached hydrogen (secondary N) is 1. The molecule has 3 aliphatic carbocycles. The molecule has 0 aromatic heterocycles. The van der Waals surface area contributed by atoms with Gasteiger partial charge in [0.05, 0.1) is 0 Å². The molecule has 3 aliphatic rings. The number of fused-ring (bicyclic) bond motifs is 2. The number of hydrogen-bond donors (Lipinski definition) is 1. The van der Waals surface area contributed by atoms with Crippen molar-refractivity contribution in [3.05, 3.63) is 35.9 Å². The topological polar surface area (TPSA) is 29.1 Å². The fraction of sp³-hybridized carbons (Fsp3) is 0.632. The standard InChI is InChI=1S/C19H27NO/c1-13-16-11-15(19(16,2)3)12-17(13)20-18(21)10-9-14-7-5-4-6-8-14/h4-8,13,15-17H,9-12H2,1-3H3,(H,20,21)/t13-,15+,16-,17-/m0/s1. The van der Waals surface area contributed by atoms with Crippen molar-refractivity contribution in [2.45, 2.75) is 52.5 Å². The van der Waals surface area contributed by atoms with Gasteiger partial charge >= 0.3 is 0 Å². The number of carbonyl (C=O) groups is 1. The van der Waals surface area contributed by atoms with Crippen LogP contribution in [0.2, 0.25) is 0 Å². The molecule has 4 rings (SSSR count). The molecule has 2 heteroatoms. The van der Waals surface area contributed by atoms with Crippen molar-refractivity contribution in [2.24, 2.45) is 23.2 Å². The fourth-order valence-corrected chi connectivity index (χ4v) is 4.52. The molecule has 1 amide bonds. The summed E-state index contributed by atoms with van der Waals surface area (Å²) in [5.41, 5.74) is 1.73. The zero-order valence-electron chi connectivity index (χ0n) is 13.4. The summed E-state index contributed by atoms with van der Waals surface area (Å²) in [6.45, 7) is 7.12. The molecule has 1 aromatic rings. The fourth-order valence-electron chi connectivity index (χ4n) is 4.52. The normalized spacial score (nSPS) is 33.1. The molecule has 0 spiro atoms. The Hall–Kier alpha value is -1.31. The predicted octanol–water partition coefficient (Wildman–Crippen LogP) is 3.81. The van der Waals surface area contributed by atoms with Crippen LogP contribution in [0.1, 0.15) is 45.6 Å². The first-order valence-electron chi connectivity index (χ1n) is 8.31. The number of rotatable bonds is 4. The summed E-state index contributed by atoms with van der Waals surface area (Å²) in [5.74, 6) is 2.43. The van der Waals surface area contributed by atoms with Crippen LogP contribution in [0.4, 0.5) is 0 Å². The molecular weight excluding hydrogens is 258 g/mol. The summed E-state index contributed by atoms with van der Waals surface area (Å²) >= 11 is 0. The average molecular weight is 285 g/mol. The molecule has 3 saturated carbocycles. The molecule has 1 N–H and O–H groups in total. The van der Waals surface area contributed by atoms with Gasteiger partial charge in [-0.3, -0.25) is 4.79 Å². The zero-order chi connectivity index (χ0) is 15.0. The Labute approximate surface area is 128 Å². The van der Waals surface area contributed by atoms with E-state index < -0.39 is 0 Å². The Morgan fingerprint density at radius 3 is 2.57 bits per heavy atom. The quantitative estimate of drug-likeness (QED) is 0.895. The third kappa shape index (κ3) is 2.73. The van der Waals surface area contributed by atoms with Crippen molar-refractivity contribution in [1.82, 2.24) is 5.32 Å². The molecule has 114 valence electrons. The molecule has 2 bridgehead atoms. The minimum absolute atomic E-state index is 0.217. The number of amides is 1. The van der Waals surface area contributed by atoms with Gasteiger partial charge in [-0.25, -0.2) is 0 Å². The SMILES string of the molecule is C[C@@H]1[C@@H](NC(=O)CCc2ccccc2)C[C@H]2C[C@@H]1C2(C)C. The molecule has 4 atom stereocenters. The van der Waals surface area contributed by atoms with Crippen molar-refractivity contribution in [3.63, 3.8) is 0 Å². The molecule has 1 aromatic carbocycles. The highest BCUT2D eigenvalue weighted by Gasteiger charge is 2.56. The molecule has 0 aliphatic heterocycles. The van der Waals surface area contributed by atoms with Crippen molar-refractivity contribution in [2.75, 3.05) is 0 Å². The molecule has 2 nitrogen and oxygen atoms in total. The lowest BCUT2D eigenvalue weighted by atomic mass is 9.45. The molecule has 21 heavy (non-hydrogen) atoms. The predicted molar refractivity (Wildman–Crippen MR) is 85.9 cm³/mol. The van der Waals surface area contributed by atoms with Gasteiger partial charge in [-0.05, 0) is 48.0 Å². The van der Waals surface area contributed by atoms with E-state index in [1.165, 1.54) is 18.4 Å². The van der Waals surface area contributed by atoms with Crippen LogP contribution in [-0.4, -0.2) is 11.9 Å². The average Bonchev–Trinajstić information content (AvgIpc) is 2.47. The van der Waals surface area contributed by atoms with Crippen LogP contribution in [0.3, 0.4) is 0 Å². The molecular formula is C19H27NO. The van der Waals surface area contributed by atoms with Gasteiger partial charge in [-0.1, -0.05) is 51.1 Å². The van der Waals surface area contributed by atoms with Crippen LogP contribution in [-0.2, 0) is 11.2 Å². The highest BCUT2D eigenvalue weighted by Crippen LogP contribution is 2.61. The van der Waals surface area contributed by atoms with E-state index in [1.807, 2.05) is 18.2 Å². The van der Waals surface area contributed by atoms with Gasteiger partial charge in [0.25, 0.3) is 0 Å². The van der Waals surface area contributed by atoms with E-state index in [1.54, 1.807) is 0 Å². The van der Waals surface area contributed by atoms with Crippen LogP contribution in [0.5, 0.6) is 0 Å². The van der Waals surface area contributed by atoms with Crippen LogP contribution in [0, 0.1) is 23.2 Å². The maximum absolute atomic E-state index is 12.2. The van der Waals surface area contributed by atoms with E-state index in [0.29, 0.717) is 23.8 Å². The summed E-state index contributed by atoms with van der Waals surface area (Å²) in [5, 5.41) is 3.30. The Kier molecular flexibility index (Phi) is 3.81. The highest BCUT2D eigenvalue weighted by atomic mass is 16.1. The number of benzene rings is 1. The van der Waals surface area contributed by atoms with Gasteiger partial charge in [-0.15, -0.1) is 0 Å². The van der Waals surface area contributed by atoms with Crippen LogP contribution < -0.4 is 5.32 Å². The smallest absolute Gasteiger partial charge is 0.220 e. The number of carbonyl (C=O) groups excluding carboxylic acids is 1.